The molecule has 2 aromatic carbocycles. The Balaban J connectivity index is 1.80. The highest BCUT2D eigenvalue weighted by Crippen LogP contribution is 2.22. The summed E-state index contributed by atoms with van der Waals surface area (Å²) in [6.07, 6.45) is -0.721. The molecule has 2 atom stereocenters. The van der Waals surface area contributed by atoms with Crippen molar-refractivity contribution in [3.8, 4) is 5.75 Å². The first-order valence-electron chi connectivity index (χ1n) is 9.45. The second-order valence-corrected chi connectivity index (χ2v) is 7.23. The van der Waals surface area contributed by atoms with Crippen molar-refractivity contribution in [3.05, 3.63) is 59.4 Å². The standard InChI is InChI=1S/C22H27N3O3/c1-14-9-10-15(2)21(11-14)28-13-18(27)12-25-20-8-6-5-7-19(20)24-22(25)16(3)23-17(4)26/h5-11,16,18,27H,12-13H2,1-4H3,(H,23,26)/t16-,18+/m0/s1. The van der Waals surface area contributed by atoms with Gasteiger partial charge in [-0.15, -0.1) is 0 Å². The van der Waals surface area contributed by atoms with Crippen LogP contribution < -0.4 is 10.1 Å². The highest BCUT2D eigenvalue weighted by atomic mass is 16.5. The Morgan fingerprint density at radius 1 is 1.25 bits per heavy atom. The second kappa shape index (κ2) is 8.44. The maximum absolute atomic E-state index is 11.5. The SMILES string of the molecule is CC(=O)N[C@@H](C)c1nc2ccccc2n1C[C@@H](O)COc1cc(C)ccc1C. The summed E-state index contributed by atoms with van der Waals surface area (Å²) in [5.41, 5.74) is 3.89. The predicted molar refractivity (Wildman–Crippen MR) is 109 cm³/mol. The number of ether oxygens (including phenoxy) is 1. The van der Waals surface area contributed by atoms with Gasteiger partial charge < -0.3 is 19.7 Å². The van der Waals surface area contributed by atoms with E-state index in [-0.39, 0.29) is 18.6 Å². The number of amides is 1. The first kappa shape index (κ1) is 19.9. The Kier molecular flexibility index (Phi) is 5.99. The zero-order chi connectivity index (χ0) is 20.3. The molecule has 1 amide bonds. The molecule has 0 unspecified atom stereocenters. The number of nitrogens with one attached hydrogen (secondary N) is 1. The van der Waals surface area contributed by atoms with Crippen molar-refractivity contribution < 1.29 is 14.6 Å². The topological polar surface area (TPSA) is 76.4 Å². The van der Waals surface area contributed by atoms with E-state index >= 15 is 0 Å². The Morgan fingerprint density at radius 3 is 2.75 bits per heavy atom. The molecule has 0 fully saturated rings. The molecular weight excluding hydrogens is 354 g/mol. The molecule has 0 aliphatic heterocycles. The smallest absolute Gasteiger partial charge is 0.217 e. The van der Waals surface area contributed by atoms with Crippen molar-refractivity contribution in [3.63, 3.8) is 0 Å². The third-order valence-electron chi connectivity index (χ3n) is 4.66. The largest absolute Gasteiger partial charge is 0.491 e. The van der Waals surface area contributed by atoms with Crippen molar-refractivity contribution in [1.82, 2.24) is 14.9 Å². The van der Waals surface area contributed by atoms with Crippen LogP contribution in [0.3, 0.4) is 0 Å². The van der Waals surface area contributed by atoms with Gasteiger partial charge in [0.2, 0.25) is 5.91 Å². The molecule has 0 aliphatic carbocycles. The fraction of sp³-hybridized carbons (Fsp3) is 0.364. The highest BCUT2D eigenvalue weighted by molar-refractivity contribution is 5.77. The number of benzene rings is 2. The molecule has 2 N–H and O–H groups in total. The van der Waals surface area contributed by atoms with Crippen LogP contribution in [-0.2, 0) is 11.3 Å². The van der Waals surface area contributed by atoms with E-state index in [2.05, 4.69) is 10.3 Å². The zero-order valence-corrected chi connectivity index (χ0v) is 16.8. The van der Waals surface area contributed by atoms with Crippen LogP contribution in [0.25, 0.3) is 11.0 Å². The minimum Gasteiger partial charge on any atom is -0.491 e. The van der Waals surface area contributed by atoms with Gasteiger partial charge in [0, 0.05) is 6.92 Å². The molecule has 6 heteroatoms. The lowest BCUT2D eigenvalue weighted by Gasteiger charge is -2.19. The molecule has 6 nitrogen and oxygen atoms in total. The summed E-state index contributed by atoms with van der Waals surface area (Å²) in [5, 5.41) is 13.5. The third kappa shape index (κ3) is 4.51. The van der Waals surface area contributed by atoms with Crippen LogP contribution in [0.4, 0.5) is 0 Å². The molecule has 0 radical (unpaired) electrons. The van der Waals surface area contributed by atoms with Crippen LogP contribution in [0.15, 0.2) is 42.5 Å². The van der Waals surface area contributed by atoms with Gasteiger partial charge in [-0.05, 0) is 50.1 Å². The summed E-state index contributed by atoms with van der Waals surface area (Å²) < 4.78 is 7.80. The van der Waals surface area contributed by atoms with Crippen LogP contribution in [0.5, 0.6) is 5.75 Å². The average Bonchev–Trinajstić information content (AvgIpc) is 3.01. The van der Waals surface area contributed by atoms with Gasteiger partial charge in [0.25, 0.3) is 0 Å². The number of aryl methyl sites for hydroxylation is 2. The summed E-state index contributed by atoms with van der Waals surface area (Å²) in [6.45, 7) is 7.86. The van der Waals surface area contributed by atoms with Crippen LogP contribution >= 0.6 is 0 Å². The summed E-state index contributed by atoms with van der Waals surface area (Å²) in [7, 11) is 0. The number of aromatic nitrogens is 2. The van der Waals surface area contributed by atoms with Gasteiger partial charge in [-0.2, -0.15) is 0 Å². The lowest BCUT2D eigenvalue weighted by atomic mass is 10.1. The summed E-state index contributed by atoms with van der Waals surface area (Å²) in [4.78, 5) is 16.1. The predicted octanol–water partition coefficient (Wildman–Crippen LogP) is 3.29. The van der Waals surface area contributed by atoms with Crippen molar-refractivity contribution >= 4 is 16.9 Å². The third-order valence-corrected chi connectivity index (χ3v) is 4.66. The molecule has 0 spiro atoms. The van der Waals surface area contributed by atoms with Crippen LogP contribution in [-0.4, -0.2) is 33.3 Å². The van der Waals surface area contributed by atoms with E-state index in [1.807, 2.05) is 67.8 Å². The zero-order valence-electron chi connectivity index (χ0n) is 16.8. The van der Waals surface area contributed by atoms with Gasteiger partial charge in [0.05, 0.1) is 23.6 Å². The van der Waals surface area contributed by atoms with E-state index in [9.17, 15) is 9.90 Å². The van der Waals surface area contributed by atoms with Crippen LogP contribution in [0, 0.1) is 13.8 Å². The molecule has 3 aromatic rings. The van der Waals surface area contributed by atoms with E-state index in [1.54, 1.807) is 0 Å². The Morgan fingerprint density at radius 2 is 2.00 bits per heavy atom. The van der Waals surface area contributed by atoms with Crippen LogP contribution in [0.2, 0.25) is 0 Å². The maximum Gasteiger partial charge on any atom is 0.217 e. The van der Waals surface area contributed by atoms with E-state index in [0.29, 0.717) is 12.4 Å². The fourth-order valence-corrected chi connectivity index (χ4v) is 3.30. The van der Waals surface area contributed by atoms with Crippen LogP contribution in [0.1, 0.15) is 36.8 Å². The Hall–Kier alpha value is -2.86. The maximum atomic E-state index is 11.5. The van der Waals surface area contributed by atoms with Crippen molar-refractivity contribution in [2.75, 3.05) is 6.61 Å². The number of para-hydroxylation sites is 2. The molecule has 1 aromatic heterocycles. The summed E-state index contributed by atoms with van der Waals surface area (Å²) in [6, 6.07) is 13.5. The van der Waals surface area contributed by atoms with Crippen molar-refractivity contribution in [2.24, 2.45) is 0 Å². The number of carbonyl (C=O) groups excluding carboxylic acids is 1. The molecule has 28 heavy (non-hydrogen) atoms. The fourth-order valence-electron chi connectivity index (χ4n) is 3.30. The van der Waals surface area contributed by atoms with Gasteiger partial charge in [0.15, 0.2) is 0 Å². The van der Waals surface area contributed by atoms with Gasteiger partial charge in [-0.3, -0.25) is 4.79 Å². The second-order valence-electron chi connectivity index (χ2n) is 7.23. The first-order chi connectivity index (χ1) is 13.3. The molecule has 1 heterocycles. The van der Waals surface area contributed by atoms with E-state index < -0.39 is 6.10 Å². The minimum atomic E-state index is -0.721. The highest BCUT2D eigenvalue weighted by Gasteiger charge is 2.19. The Bertz CT molecular complexity index is 980. The van der Waals surface area contributed by atoms with E-state index in [1.165, 1.54) is 6.92 Å². The molecule has 148 valence electrons. The molecule has 3 rings (SSSR count). The van der Waals surface area contributed by atoms with E-state index in [0.717, 1.165) is 27.9 Å². The molecule has 0 bridgehead atoms. The van der Waals surface area contributed by atoms with Gasteiger partial charge in [-0.25, -0.2) is 4.98 Å². The quantitative estimate of drug-likeness (QED) is 0.658. The number of rotatable bonds is 7. The number of hydrogen-bond acceptors (Lipinski definition) is 4. The van der Waals surface area contributed by atoms with Gasteiger partial charge in [-0.1, -0.05) is 24.3 Å². The monoisotopic (exact) mass is 381 g/mol. The number of aliphatic hydroxyl groups excluding tert-OH is 1. The molecular formula is C22H27N3O3. The van der Waals surface area contributed by atoms with Crippen molar-refractivity contribution in [1.29, 1.82) is 0 Å². The molecule has 0 saturated carbocycles. The molecule has 0 saturated heterocycles. The lowest BCUT2D eigenvalue weighted by molar-refractivity contribution is -0.119. The summed E-state index contributed by atoms with van der Waals surface area (Å²) in [5.74, 6) is 1.37. The van der Waals surface area contributed by atoms with Gasteiger partial charge >= 0.3 is 0 Å². The number of imidazole rings is 1. The Labute approximate surface area is 165 Å². The number of hydrogen-bond donors (Lipinski definition) is 2. The average molecular weight is 381 g/mol. The minimum absolute atomic E-state index is 0.120. The first-order valence-corrected chi connectivity index (χ1v) is 9.45. The normalized spacial score (nSPS) is 13.3. The lowest BCUT2D eigenvalue weighted by Crippen LogP contribution is -2.29. The number of nitrogens with zero attached hydrogens (tertiary/aromatic N) is 2. The van der Waals surface area contributed by atoms with Gasteiger partial charge in [0.1, 0.15) is 24.3 Å². The van der Waals surface area contributed by atoms with Crippen molar-refractivity contribution in [2.45, 2.75) is 46.4 Å². The molecule has 0 aliphatic rings. The summed E-state index contributed by atoms with van der Waals surface area (Å²) >= 11 is 0. The number of fused-ring (bicyclic) bond motifs is 1. The number of aliphatic hydroxyl groups is 1. The number of carbonyl (C=O) groups is 1. The van der Waals surface area contributed by atoms with E-state index in [4.69, 9.17) is 4.74 Å².